The number of benzene rings is 2. The van der Waals surface area contributed by atoms with E-state index < -0.39 is 0 Å². The summed E-state index contributed by atoms with van der Waals surface area (Å²) in [6, 6.07) is 16.0. The Morgan fingerprint density at radius 3 is 2.47 bits per heavy atom. The van der Waals surface area contributed by atoms with Crippen LogP contribution in [0.2, 0.25) is 0 Å². The van der Waals surface area contributed by atoms with E-state index >= 15 is 0 Å². The van der Waals surface area contributed by atoms with E-state index in [0.717, 1.165) is 19.2 Å². The molecule has 2 aromatic carbocycles. The fraction of sp³-hybridized carbons (Fsp3) is 0. The Bertz CT molecular complexity index is 549. The van der Waals surface area contributed by atoms with E-state index in [-0.39, 0.29) is 5.82 Å². The summed E-state index contributed by atoms with van der Waals surface area (Å²) in [6.45, 7) is 0. The molecule has 0 N–H and O–H groups in total. The van der Waals surface area contributed by atoms with Gasteiger partial charge in [0.1, 0.15) is 5.82 Å². The van der Waals surface area contributed by atoms with Crippen LogP contribution >= 0.6 is 8.20 Å². The van der Waals surface area contributed by atoms with Crippen LogP contribution in [-0.2, 0) is 0 Å². The summed E-state index contributed by atoms with van der Waals surface area (Å²) in [5.74, 6) is -0.278. The van der Waals surface area contributed by atoms with Gasteiger partial charge in [-0.05, 0) is 18.2 Å². The lowest BCUT2D eigenvalue weighted by atomic mass is 10.2. The van der Waals surface area contributed by atoms with Crippen molar-refractivity contribution in [1.82, 2.24) is 0 Å². The maximum Gasteiger partial charge on any atom is 0.125 e. The minimum Gasteiger partial charge on any atom is -0.243 e. The molecule has 17 heavy (non-hydrogen) atoms. The second-order valence-corrected chi connectivity index (χ2v) is 4.18. The Morgan fingerprint density at radius 2 is 1.82 bits per heavy atom. The highest BCUT2D eigenvalue weighted by molar-refractivity contribution is 7.57. The monoisotopic (exact) mass is 243 g/mol. The van der Waals surface area contributed by atoms with Crippen molar-refractivity contribution in [3.05, 3.63) is 66.0 Å². The first-order valence-electron chi connectivity index (χ1n) is 5.16. The lowest BCUT2D eigenvalue weighted by molar-refractivity contribution is 0.628. The molecule has 0 atom stereocenters. The van der Waals surface area contributed by atoms with Gasteiger partial charge >= 0.3 is 0 Å². The van der Waals surface area contributed by atoms with Crippen molar-refractivity contribution >= 4 is 25.6 Å². The molecule has 84 valence electrons. The Morgan fingerprint density at radius 1 is 1.06 bits per heavy atom. The third-order valence-electron chi connectivity index (χ3n) is 2.22. The van der Waals surface area contributed by atoms with Gasteiger partial charge in [0.2, 0.25) is 0 Å². The van der Waals surface area contributed by atoms with E-state index in [1.165, 1.54) is 12.1 Å². The van der Waals surface area contributed by atoms with E-state index in [0.29, 0.717) is 5.69 Å². The lowest BCUT2D eigenvalue weighted by Crippen LogP contribution is -1.89. The molecule has 3 heteroatoms. The first-order chi connectivity index (χ1) is 8.29. The van der Waals surface area contributed by atoms with Crippen molar-refractivity contribution in [2.45, 2.75) is 0 Å². The van der Waals surface area contributed by atoms with Crippen molar-refractivity contribution in [2.75, 3.05) is 0 Å². The molecule has 0 aliphatic heterocycles. The SMILES string of the molecule is C=PC(=Nc1cccc(F)c1)c1ccccc1. The highest BCUT2D eigenvalue weighted by atomic mass is 31.1. The number of aliphatic imine (C=N–C) groups is 1. The molecule has 0 fully saturated rings. The van der Waals surface area contributed by atoms with Gasteiger partial charge in [0, 0.05) is 5.56 Å². The van der Waals surface area contributed by atoms with Crippen LogP contribution in [0.4, 0.5) is 10.1 Å². The summed E-state index contributed by atoms with van der Waals surface area (Å²) in [4.78, 5) is 4.41. The van der Waals surface area contributed by atoms with Gasteiger partial charge in [-0.3, -0.25) is 0 Å². The van der Waals surface area contributed by atoms with E-state index in [1.54, 1.807) is 12.1 Å². The van der Waals surface area contributed by atoms with Gasteiger partial charge in [0.25, 0.3) is 0 Å². The van der Waals surface area contributed by atoms with Crippen molar-refractivity contribution in [1.29, 1.82) is 0 Å². The van der Waals surface area contributed by atoms with E-state index in [2.05, 4.69) is 11.3 Å². The average Bonchev–Trinajstić information content (AvgIpc) is 2.37. The zero-order chi connectivity index (χ0) is 12.1. The highest BCUT2D eigenvalue weighted by Crippen LogP contribution is 2.19. The molecule has 0 heterocycles. The maximum absolute atomic E-state index is 13.0. The normalized spacial score (nSPS) is 11.7. The van der Waals surface area contributed by atoms with Gasteiger partial charge in [-0.25, -0.2) is 9.38 Å². The molecule has 2 aromatic rings. The number of nitrogens with zero attached hydrogens (tertiary/aromatic N) is 1. The zero-order valence-corrected chi connectivity index (χ0v) is 10.1. The predicted octanol–water partition coefficient (Wildman–Crippen LogP) is 4.28. The molecule has 0 amide bonds. The van der Waals surface area contributed by atoms with E-state index in [9.17, 15) is 4.39 Å². The lowest BCUT2D eigenvalue weighted by Gasteiger charge is -2.01. The number of rotatable bonds is 3. The molecule has 0 spiro atoms. The quantitative estimate of drug-likeness (QED) is 0.563. The molecule has 0 saturated heterocycles. The van der Waals surface area contributed by atoms with Gasteiger partial charge in [0.05, 0.1) is 11.1 Å². The summed E-state index contributed by atoms with van der Waals surface area (Å²) < 4.78 is 13.0. The van der Waals surface area contributed by atoms with Crippen LogP contribution in [0.15, 0.2) is 59.6 Å². The molecule has 1 nitrogen and oxygen atoms in total. The van der Waals surface area contributed by atoms with E-state index in [4.69, 9.17) is 0 Å². The smallest absolute Gasteiger partial charge is 0.125 e. The van der Waals surface area contributed by atoms with Crippen LogP contribution in [0.5, 0.6) is 0 Å². The maximum atomic E-state index is 13.0. The molecule has 2 rings (SSSR count). The molecule has 0 unspecified atom stereocenters. The minimum atomic E-state index is -0.278. The minimum absolute atomic E-state index is 0.278. The molecule has 0 saturated carbocycles. The molecular weight excluding hydrogens is 232 g/mol. The second kappa shape index (κ2) is 5.51. The topological polar surface area (TPSA) is 12.4 Å². The Balaban J connectivity index is 2.40. The van der Waals surface area contributed by atoms with Crippen LogP contribution in [0.1, 0.15) is 5.56 Å². The fourth-order valence-corrected chi connectivity index (χ4v) is 1.96. The predicted molar refractivity (Wildman–Crippen MR) is 73.1 cm³/mol. The van der Waals surface area contributed by atoms with Crippen molar-refractivity contribution in [3.8, 4) is 0 Å². The van der Waals surface area contributed by atoms with Crippen molar-refractivity contribution in [3.63, 3.8) is 0 Å². The second-order valence-electron chi connectivity index (χ2n) is 3.44. The molecule has 0 aliphatic rings. The summed E-state index contributed by atoms with van der Waals surface area (Å²) >= 11 is 0. The van der Waals surface area contributed by atoms with Crippen LogP contribution in [0, 0.1) is 5.82 Å². The van der Waals surface area contributed by atoms with Crippen molar-refractivity contribution in [2.24, 2.45) is 4.99 Å². The van der Waals surface area contributed by atoms with E-state index in [1.807, 2.05) is 30.3 Å². The number of hydrogen-bond acceptors (Lipinski definition) is 1. The Hall–Kier alpha value is -1.79. The standard InChI is InChI=1S/C14H11FNP/c1-17-14(11-6-3-2-4-7-11)16-13-9-5-8-12(15)10-13/h2-10H,1H2. The molecule has 0 aromatic heterocycles. The van der Waals surface area contributed by atoms with Gasteiger partial charge in [-0.15, -0.1) is 0 Å². The third kappa shape index (κ3) is 3.08. The molecule has 0 radical (unpaired) electrons. The van der Waals surface area contributed by atoms with Crippen LogP contribution in [0.3, 0.4) is 0 Å². The summed E-state index contributed by atoms with van der Waals surface area (Å²) in [6.07, 6.45) is 3.83. The largest absolute Gasteiger partial charge is 0.243 e. The molecular formula is C14H11FNP. The molecule has 0 aliphatic carbocycles. The number of hydrogen-bond donors (Lipinski definition) is 0. The average molecular weight is 243 g/mol. The Kier molecular flexibility index (Phi) is 3.79. The summed E-state index contributed by atoms with van der Waals surface area (Å²) in [7, 11) is 0.814. The molecule has 0 bridgehead atoms. The third-order valence-corrected chi connectivity index (χ3v) is 2.88. The first-order valence-corrected chi connectivity index (χ1v) is 6.24. The fourth-order valence-electron chi connectivity index (χ4n) is 1.45. The van der Waals surface area contributed by atoms with Crippen LogP contribution < -0.4 is 0 Å². The number of halogens is 1. The zero-order valence-electron chi connectivity index (χ0n) is 9.18. The van der Waals surface area contributed by atoms with Crippen molar-refractivity contribution < 1.29 is 4.39 Å². The Labute approximate surface area is 101 Å². The van der Waals surface area contributed by atoms with Crippen LogP contribution in [-0.4, -0.2) is 11.8 Å². The van der Waals surface area contributed by atoms with Gasteiger partial charge < -0.3 is 0 Å². The first kappa shape index (κ1) is 11.7. The summed E-state index contributed by atoms with van der Waals surface area (Å²) in [5.41, 5.74) is 2.45. The van der Waals surface area contributed by atoms with Crippen LogP contribution in [0.25, 0.3) is 0 Å². The highest BCUT2D eigenvalue weighted by Gasteiger charge is 2.00. The van der Waals surface area contributed by atoms with Gasteiger partial charge in [-0.2, -0.15) is 0 Å². The van der Waals surface area contributed by atoms with Gasteiger partial charge in [0.15, 0.2) is 0 Å². The van der Waals surface area contributed by atoms with Gasteiger partial charge in [-0.1, -0.05) is 50.9 Å². The summed E-state index contributed by atoms with van der Waals surface area (Å²) in [5, 5.41) is 0.